The zero-order valence-electron chi connectivity index (χ0n) is 10.3. The van der Waals surface area contributed by atoms with Gasteiger partial charge in [-0.2, -0.15) is 0 Å². The first-order valence-corrected chi connectivity index (χ1v) is 5.11. The molecule has 2 rings (SSSR count). The summed E-state index contributed by atoms with van der Waals surface area (Å²) in [5.74, 6) is -0.351. The first-order valence-electron chi connectivity index (χ1n) is 5.11. The van der Waals surface area contributed by atoms with Gasteiger partial charge in [0.1, 0.15) is 0 Å². The molecule has 0 bridgehead atoms. The third kappa shape index (κ3) is 3.58. The summed E-state index contributed by atoms with van der Waals surface area (Å²) in [5, 5.41) is 9.79. The van der Waals surface area contributed by atoms with E-state index in [0.717, 1.165) is 30.4 Å². The van der Waals surface area contributed by atoms with Gasteiger partial charge in [0.25, 0.3) is 0 Å². The molecule has 1 N–H and O–H groups in total. The molecular weight excluding hydrogens is 226 g/mol. The van der Waals surface area contributed by atoms with Crippen LogP contribution in [0, 0.1) is 0 Å². The summed E-state index contributed by atoms with van der Waals surface area (Å²) in [7, 11) is 1.36. The van der Waals surface area contributed by atoms with Crippen molar-refractivity contribution in [2.75, 3.05) is 7.11 Å². The predicted octanol–water partition coefficient (Wildman–Crippen LogP) is -1.53. The summed E-state index contributed by atoms with van der Waals surface area (Å²) >= 11 is 0. The second kappa shape index (κ2) is 7.22. The Morgan fingerprint density at radius 1 is 1.47 bits per heavy atom. The second-order valence-electron chi connectivity index (χ2n) is 3.81. The van der Waals surface area contributed by atoms with Gasteiger partial charge in [-0.3, -0.25) is 0 Å². The number of rotatable bonds is 1. The van der Waals surface area contributed by atoms with Crippen LogP contribution in [0.15, 0.2) is 18.2 Å². The first-order chi connectivity index (χ1) is 7.22. The van der Waals surface area contributed by atoms with E-state index in [0.29, 0.717) is 5.56 Å². The predicted molar refractivity (Wildman–Crippen MR) is 61.4 cm³/mol. The van der Waals surface area contributed by atoms with Crippen molar-refractivity contribution in [1.82, 2.24) is 0 Å². The molecule has 0 spiro atoms. The van der Waals surface area contributed by atoms with E-state index in [1.165, 1.54) is 7.11 Å². The summed E-state index contributed by atoms with van der Waals surface area (Å²) < 4.78 is 4.64. The van der Waals surface area contributed by atoms with Gasteiger partial charge in [0, 0.05) is 0 Å². The van der Waals surface area contributed by atoms with Gasteiger partial charge in [-0.25, -0.2) is 4.79 Å². The number of fused-ring (bicyclic) bond motifs is 1. The fraction of sp³-hybridized carbons (Fsp3) is 0.417. The van der Waals surface area contributed by atoms with Crippen molar-refractivity contribution < 1.29 is 44.2 Å². The number of carbonyl (C=O) groups excluding carboxylic acids is 1. The molecule has 4 radical (unpaired) electrons. The molecule has 1 unspecified atom stereocenters. The molecule has 1 atom stereocenters. The minimum atomic E-state index is -0.432. The van der Waals surface area contributed by atoms with Crippen LogP contribution in [0.5, 0.6) is 0 Å². The molecule has 0 aliphatic heterocycles. The summed E-state index contributed by atoms with van der Waals surface area (Å²) in [4.78, 5) is 11.3. The normalized spacial score (nSPS) is 17.2. The molecular formula is C12H14BNaO3. The average Bonchev–Trinajstić information content (AvgIpc) is 2.28. The Morgan fingerprint density at radius 2 is 2.18 bits per heavy atom. The number of benzene rings is 1. The second-order valence-corrected chi connectivity index (χ2v) is 3.81. The van der Waals surface area contributed by atoms with Gasteiger partial charge in [-0.15, -0.1) is 0 Å². The van der Waals surface area contributed by atoms with Crippen molar-refractivity contribution in [2.24, 2.45) is 0 Å². The van der Waals surface area contributed by atoms with E-state index in [1.54, 1.807) is 12.1 Å². The van der Waals surface area contributed by atoms with Gasteiger partial charge in [0.2, 0.25) is 0 Å². The standard InChI is InChI=1S/C12H14O3.B.Na/c1-15-12(14)9-6-5-8-3-2-4-11(13)10(8)7-9;;/h5-7,11,13H,2-4H2,1H3;;/q;-1;+1. The molecule has 0 saturated heterocycles. The maximum absolute atomic E-state index is 11.3. The largest absolute Gasteiger partial charge is 1.00 e. The van der Waals surface area contributed by atoms with Gasteiger partial charge in [0.05, 0.1) is 18.8 Å². The molecule has 17 heavy (non-hydrogen) atoms. The van der Waals surface area contributed by atoms with Gasteiger partial charge < -0.3 is 18.3 Å². The van der Waals surface area contributed by atoms with Crippen molar-refractivity contribution >= 4 is 14.4 Å². The Labute approximate surface area is 125 Å². The molecule has 0 fully saturated rings. The zero-order chi connectivity index (χ0) is 10.8. The van der Waals surface area contributed by atoms with E-state index < -0.39 is 6.10 Å². The molecule has 1 aromatic carbocycles. The number of methoxy groups -OCH3 is 1. The summed E-state index contributed by atoms with van der Waals surface area (Å²) in [6.45, 7) is 0. The maximum atomic E-state index is 11.3. The van der Waals surface area contributed by atoms with E-state index in [2.05, 4.69) is 4.74 Å². The molecule has 0 saturated carbocycles. The van der Waals surface area contributed by atoms with Crippen LogP contribution in [-0.4, -0.2) is 26.6 Å². The number of hydrogen-bond donors (Lipinski definition) is 1. The minimum Gasteiger partial charge on any atom is -1.00 e. The van der Waals surface area contributed by atoms with Gasteiger partial charge in [-0.05, 0) is 42.5 Å². The third-order valence-electron chi connectivity index (χ3n) is 2.85. The molecule has 5 heteroatoms. The van der Waals surface area contributed by atoms with E-state index in [4.69, 9.17) is 0 Å². The third-order valence-corrected chi connectivity index (χ3v) is 2.85. The van der Waals surface area contributed by atoms with Crippen molar-refractivity contribution in [2.45, 2.75) is 25.4 Å². The van der Waals surface area contributed by atoms with Gasteiger partial charge >= 0.3 is 35.5 Å². The molecule has 0 heterocycles. The van der Waals surface area contributed by atoms with Crippen molar-refractivity contribution in [3.8, 4) is 0 Å². The summed E-state index contributed by atoms with van der Waals surface area (Å²) in [5.41, 5.74) is 2.53. The topological polar surface area (TPSA) is 46.5 Å². The number of aliphatic hydroxyl groups excluding tert-OH is 1. The van der Waals surface area contributed by atoms with Crippen LogP contribution in [0.3, 0.4) is 0 Å². The molecule has 0 amide bonds. The van der Waals surface area contributed by atoms with Crippen LogP contribution in [0.1, 0.15) is 40.4 Å². The van der Waals surface area contributed by atoms with Crippen molar-refractivity contribution in [1.29, 1.82) is 0 Å². The Bertz CT molecular complexity index is 395. The fourth-order valence-electron chi connectivity index (χ4n) is 2.02. The zero-order valence-corrected chi connectivity index (χ0v) is 12.3. The fourth-order valence-corrected chi connectivity index (χ4v) is 2.02. The Hall–Kier alpha value is -0.285. The molecule has 84 valence electrons. The molecule has 0 aromatic heterocycles. The SMILES string of the molecule is COC(=O)c1ccc2c(c1)C(O)CCC2.[B-].[Na+]. The number of hydrogen-bond acceptors (Lipinski definition) is 3. The van der Waals surface area contributed by atoms with Crippen molar-refractivity contribution in [3.05, 3.63) is 34.9 Å². The van der Waals surface area contributed by atoms with Crippen LogP contribution >= 0.6 is 0 Å². The smallest absolute Gasteiger partial charge is 1.00 e. The number of carbonyl (C=O) groups is 1. The monoisotopic (exact) mass is 240 g/mol. The van der Waals surface area contributed by atoms with Crippen LogP contribution < -0.4 is 29.6 Å². The van der Waals surface area contributed by atoms with Crippen LogP contribution in [0.25, 0.3) is 0 Å². The molecule has 3 nitrogen and oxygen atoms in total. The number of ether oxygens (including phenoxy) is 1. The van der Waals surface area contributed by atoms with Crippen LogP contribution in [0.4, 0.5) is 0 Å². The Balaban J connectivity index is 0.00000128. The number of aryl methyl sites for hydroxylation is 1. The quantitative estimate of drug-likeness (QED) is 0.478. The van der Waals surface area contributed by atoms with Crippen LogP contribution in [0.2, 0.25) is 0 Å². The first kappa shape index (κ1) is 16.7. The summed E-state index contributed by atoms with van der Waals surface area (Å²) in [6, 6.07) is 5.40. The summed E-state index contributed by atoms with van der Waals surface area (Å²) in [6.07, 6.45) is 2.33. The van der Waals surface area contributed by atoms with E-state index >= 15 is 0 Å². The van der Waals surface area contributed by atoms with E-state index in [-0.39, 0.29) is 43.9 Å². The minimum absolute atomic E-state index is 0. The Morgan fingerprint density at radius 3 is 2.82 bits per heavy atom. The van der Waals surface area contributed by atoms with Crippen LogP contribution in [-0.2, 0) is 11.2 Å². The average molecular weight is 240 g/mol. The van der Waals surface area contributed by atoms with E-state index in [1.807, 2.05) is 6.07 Å². The molecule has 1 aliphatic carbocycles. The maximum Gasteiger partial charge on any atom is 1.00 e. The van der Waals surface area contributed by atoms with E-state index in [9.17, 15) is 9.90 Å². The van der Waals surface area contributed by atoms with Crippen molar-refractivity contribution in [3.63, 3.8) is 0 Å². The molecule has 1 aromatic rings. The number of aliphatic hydroxyl groups is 1. The Kier molecular flexibility index (Phi) is 7.10. The molecule has 1 aliphatic rings. The number of esters is 1. The van der Waals surface area contributed by atoms with Gasteiger partial charge in [-0.1, -0.05) is 6.07 Å². The van der Waals surface area contributed by atoms with Gasteiger partial charge in [0.15, 0.2) is 0 Å².